The van der Waals surface area contributed by atoms with Crippen molar-refractivity contribution in [3.8, 4) is 0 Å². The van der Waals surface area contributed by atoms with E-state index in [9.17, 15) is 10.1 Å². The van der Waals surface area contributed by atoms with Crippen LogP contribution in [-0.4, -0.2) is 4.92 Å². The number of rotatable bonds is 4. The van der Waals surface area contributed by atoms with Gasteiger partial charge >= 0.3 is 0 Å². The maximum absolute atomic E-state index is 10.7. The van der Waals surface area contributed by atoms with Crippen LogP contribution in [0.15, 0.2) is 30.3 Å². The average Bonchev–Trinajstić information content (AvgIpc) is 2.42. The number of nitrogens with one attached hydrogen (secondary N) is 1. The highest BCUT2D eigenvalue weighted by atomic mass is 35.5. The maximum atomic E-state index is 10.7. The molecule has 0 unspecified atom stereocenters. The fourth-order valence-corrected chi connectivity index (χ4v) is 2.40. The van der Waals surface area contributed by atoms with E-state index in [1.54, 1.807) is 6.07 Å². The van der Waals surface area contributed by atoms with E-state index in [0.29, 0.717) is 17.3 Å². The molecule has 1 N–H and O–H groups in total. The van der Waals surface area contributed by atoms with Gasteiger partial charge in [-0.2, -0.15) is 0 Å². The molecule has 5 heteroatoms. The van der Waals surface area contributed by atoms with Crippen LogP contribution in [0.5, 0.6) is 0 Å². The zero-order valence-electron chi connectivity index (χ0n) is 12.2. The quantitative estimate of drug-likeness (QED) is 0.653. The fraction of sp³-hybridized carbons (Fsp3) is 0.250. The van der Waals surface area contributed by atoms with Gasteiger partial charge in [0.15, 0.2) is 0 Å². The summed E-state index contributed by atoms with van der Waals surface area (Å²) in [4.78, 5) is 10.2. The molecule has 2 aromatic rings. The summed E-state index contributed by atoms with van der Waals surface area (Å²) in [5, 5.41) is 14.3. The van der Waals surface area contributed by atoms with E-state index < -0.39 is 4.92 Å². The lowest BCUT2D eigenvalue weighted by Crippen LogP contribution is -2.03. The maximum Gasteiger partial charge on any atom is 0.271 e. The van der Waals surface area contributed by atoms with Gasteiger partial charge in [0, 0.05) is 18.7 Å². The first-order valence-electron chi connectivity index (χ1n) is 6.63. The Hall–Kier alpha value is -2.07. The molecule has 2 rings (SSSR count). The Labute approximate surface area is 128 Å². The molecule has 0 heterocycles. The summed E-state index contributed by atoms with van der Waals surface area (Å²) in [5.41, 5.74) is 5.60. The number of nitro benzene ring substituents is 1. The molecule has 0 aliphatic rings. The van der Waals surface area contributed by atoms with Crippen molar-refractivity contribution in [3.63, 3.8) is 0 Å². The van der Waals surface area contributed by atoms with Crippen molar-refractivity contribution in [2.45, 2.75) is 27.3 Å². The molecule has 0 aromatic heterocycles. The van der Waals surface area contributed by atoms with Crippen LogP contribution in [0.1, 0.15) is 22.3 Å². The van der Waals surface area contributed by atoms with Gasteiger partial charge in [0.2, 0.25) is 0 Å². The monoisotopic (exact) mass is 304 g/mol. The Morgan fingerprint density at radius 2 is 1.76 bits per heavy atom. The van der Waals surface area contributed by atoms with E-state index in [2.05, 4.69) is 38.2 Å². The highest BCUT2D eigenvalue weighted by molar-refractivity contribution is 6.33. The lowest BCUT2D eigenvalue weighted by Gasteiger charge is -2.12. The molecule has 2 aromatic carbocycles. The predicted octanol–water partition coefficient (Wildman–Crippen LogP) is 4.79. The smallest absolute Gasteiger partial charge is 0.271 e. The second-order valence-corrected chi connectivity index (χ2v) is 5.54. The molecule has 0 saturated carbocycles. The van der Waals surface area contributed by atoms with Gasteiger partial charge in [0.05, 0.1) is 15.6 Å². The zero-order valence-corrected chi connectivity index (χ0v) is 13.0. The number of nitro groups is 1. The van der Waals surface area contributed by atoms with E-state index in [-0.39, 0.29) is 5.69 Å². The standard InChI is InChI=1S/C16H17ClN2O2/c1-10-6-12(3)13(7-11(10)2)9-18-16-5-4-14(19(20)21)8-15(16)17/h4-8,18H,9H2,1-3H3. The average molecular weight is 305 g/mol. The molecular formula is C16H17ClN2O2. The molecule has 0 radical (unpaired) electrons. The van der Waals surface area contributed by atoms with Crippen molar-refractivity contribution in [2.75, 3.05) is 5.32 Å². The number of non-ortho nitro benzene ring substituents is 1. The van der Waals surface area contributed by atoms with Crippen molar-refractivity contribution in [1.82, 2.24) is 0 Å². The van der Waals surface area contributed by atoms with Crippen LogP contribution < -0.4 is 5.32 Å². The van der Waals surface area contributed by atoms with Gasteiger partial charge in [-0.05, 0) is 49.1 Å². The second kappa shape index (κ2) is 6.14. The summed E-state index contributed by atoms with van der Waals surface area (Å²) in [6.07, 6.45) is 0. The Kier molecular flexibility index (Phi) is 4.48. The van der Waals surface area contributed by atoms with Crippen LogP contribution in [0.2, 0.25) is 5.02 Å². The SMILES string of the molecule is Cc1cc(C)c(CNc2ccc([N+](=O)[O-])cc2Cl)cc1C. The molecule has 0 spiro atoms. The van der Waals surface area contributed by atoms with E-state index in [0.717, 1.165) is 0 Å². The second-order valence-electron chi connectivity index (χ2n) is 5.14. The minimum atomic E-state index is -0.455. The van der Waals surface area contributed by atoms with E-state index >= 15 is 0 Å². The Bertz CT molecular complexity index is 699. The van der Waals surface area contributed by atoms with Gasteiger partial charge in [-0.25, -0.2) is 0 Å². The molecule has 0 aliphatic carbocycles. The lowest BCUT2D eigenvalue weighted by molar-refractivity contribution is -0.384. The first-order chi connectivity index (χ1) is 9.88. The Morgan fingerprint density at radius 1 is 1.10 bits per heavy atom. The number of aryl methyl sites for hydroxylation is 3. The number of nitrogens with zero attached hydrogens (tertiary/aromatic N) is 1. The lowest BCUT2D eigenvalue weighted by atomic mass is 10.0. The number of benzene rings is 2. The van der Waals surface area contributed by atoms with E-state index in [1.807, 2.05) is 0 Å². The number of hydrogen-bond acceptors (Lipinski definition) is 3. The minimum Gasteiger partial charge on any atom is -0.380 e. The molecular weight excluding hydrogens is 288 g/mol. The molecule has 21 heavy (non-hydrogen) atoms. The summed E-state index contributed by atoms with van der Waals surface area (Å²) in [6, 6.07) is 8.75. The summed E-state index contributed by atoms with van der Waals surface area (Å²) in [6.45, 7) is 6.87. The fourth-order valence-electron chi connectivity index (χ4n) is 2.16. The molecule has 0 aliphatic heterocycles. The van der Waals surface area contributed by atoms with Gasteiger partial charge < -0.3 is 5.32 Å². The highest BCUT2D eigenvalue weighted by Crippen LogP contribution is 2.27. The van der Waals surface area contributed by atoms with E-state index in [4.69, 9.17) is 11.6 Å². The molecule has 110 valence electrons. The first-order valence-corrected chi connectivity index (χ1v) is 7.01. The van der Waals surface area contributed by atoms with Crippen molar-refractivity contribution in [2.24, 2.45) is 0 Å². The topological polar surface area (TPSA) is 55.2 Å². The summed E-state index contributed by atoms with van der Waals surface area (Å²) in [7, 11) is 0. The summed E-state index contributed by atoms with van der Waals surface area (Å²) < 4.78 is 0. The third kappa shape index (κ3) is 3.52. The van der Waals surface area contributed by atoms with E-state index in [1.165, 1.54) is 34.4 Å². The van der Waals surface area contributed by atoms with Gasteiger partial charge in [-0.1, -0.05) is 23.7 Å². The van der Waals surface area contributed by atoms with Gasteiger partial charge in [0.1, 0.15) is 0 Å². The van der Waals surface area contributed by atoms with Gasteiger partial charge in [-0.15, -0.1) is 0 Å². The zero-order chi connectivity index (χ0) is 15.6. The van der Waals surface area contributed by atoms with Crippen LogP contribution in [0, 0.1) is 30.9 Å². The molecule has 0 bridgehead atoms. The molecule has 0 saturated heterocycles. The normalized spacial score (nSPS) is 10.5. The van der Waals surface area contributed by atoms with Crippen LogP contribution in [0.3, 0.4) is 0 Å². The Balaban J connectivity index is 2.17. The molecule has 0 amide bonds. The van der Waals surface area contributed by atoms with Crippen molar-refractivity contribution in [1.29, 1.82) is 0 Å². The third-order valence-corrected chi connectivity index (χ3v) is 3.90. The van der Waals surface area contributed by atoms with Crippen molar-refractivity contribution < 1.29 is 4.92 Å². The van der Waals surface area contributed by atoms with Crippen LogP contribution in [0.4, 0.5) is 11.4 Å². The molecule has 0 atom stereocenters. The van der Waals surface area contributed by atoms with Crippen LogP contribution >= 0.6 is 11.6 Å². The molecule has 4 nitrogen and oxygen atoms in total. The van der Waals surface area contributed by atoms with Crippen molar-refractivity contribution >= 4 is 23.0 Å². The van der Waals surface area contributed by atoms with Gasteiger partial charge in [-0.3, -0.25) is 10.1 Å². The predicted molar refractivity (Wildman–Crippen MR) is 86.1 cm³/mol. The Morgan fingerprint density at radius 3 is 2.38 bits per heavy atom. The molecule has 0 fully saturated rings. The number of halogens is 1. The van der Waals surface area contributed by atoms with Crippen LogP contribution in [-0.2, 0) is 6.54 Å². The van der Waals surface area contributed by atoms with Crippen molar-refractivity contribution in [3.05, 3.63) is 67.7 Å². The number of anilines is 1. The first kappa shape index (κ1) is 15.3. The third-order valence-electron chi connectivity index (χ3n) is 3.59. The highest BCUT2D eigenvalue weighted by Gasteiger charge is 2.09. The van der Waals surface area contributed by atoms with Crippen LogP contribution in [0.25, 0.3) is 0 Å². The summed E-state index contributed by atoms with van der Waals surface area (Å²) >= 11 is 6.07. The largest absolute Gasteiger partial charge is 0.380 e. The number of hydrogen-bond donors (Lipinski definition) is 1. The minimum absolute atomic E-state index is 0.00656. The summed E-state index contributed by atoms with van der Waals surface area (Å²) in [5.74, 6) is 0. The van der Waals surface area contributed by atoms with Gasteiger partial charge in [0.25, 0.3) is 5.69 Å².